The van der Waals surface area contributed by atoms with Gasteiger partial charge in [0, 0.05) is 0 Å². The zero-order valence-electron chi connectivity index (χ0n) is 8.11. The maximum atomic E-state index is 12.6. The fourth-order valence-electron chi connectivity index (χ4n) is 1.13. The lowest BCUT2D eigenvalue weighted by molar-refractivity contribution is 0.103. The van der Waals surface area contributed by atoms with Crippen LogP contribution in [0.1, 0.15) is 9.67 Å². The Bertz CT molecular complexity index is 509. The standard InChI is InChI=1S/C10H8FN3OS/c11-6-1-2-8(13-5-6)14-10(15)9-7(12)3-4-16-9/h1-5H,12H2,(H,13,14,15). The van der Waals surface area contributed by atoms with Crippen molar-refractivity contribution in [3.63, 3.8) is 0 Å². The summed E-state index contributed by atoms with van der Waals surface area (Å²) in [6.45, 7) is 0. The lowest BCUT2D eigenvalue weighted by Gasteiger charge is -2.02. The van der Waals surface area contributed by atoms with Gasteiger partial charge >= 0.3 is 0 Å². The number of nitrogens with two attached hydrogens (primary N) is 1. The molecule has 6 heteroatoms. The number of anilines is 2. The van der Waals surface area contributed by atoms with Crippen molar-refractivity contribution in [3.05, 3.63) is 40.5 Å². The molecule has 4 nitrogen and oxygen atoms in total. The molecule has 0 spiro atoms. The molecule has 0 unspecified atom stereocenters. The molecule has 0 fully saturated rings. The molecule has 0 saturated heterocycles. The van der Waals surface area contributed by atoms with Crippen LogP contribution in [0, 0.1) is 5.82 Å². The molecular weight excluding hydrogens is 229 g/mol. The zero-order valence-corrected chi connectivity index (χ0v) is 8.92. The lowest BCUT2D eigenvalue weighted by Crippen LogP contribution is -2.12. The van der Waals surface area contributed by atoms with Gasteiger partial charge in [-0.25, -0.2) is 9.37 Å². The van der Waals surface area contributed by atoms with E-state index in [0.29, 0.717) is 16.4 Å². The minimum atomic E-state index is -0.450. The van der Waals surface area contributed by atoms with Crippen LogP contribution >= 0.6 is 11.3 Å². The van der Waals surface area contributed by atoms with E-state index in [4.69, 9.17) is 5.73 Å². The van der Waals surface area contributed by atoms with Crippen molar-refractivity contribution >= 4 is 28.7 Å². The second-order valence-corrected chi connectivity index (χ2v) is 3.94. The van der Waals surface area contributed by atoms with Crippen LogP contribution in [-0.4, -0.2) is 10.9 Å². The summed E-state index contributed by atoms with van der Waals surface area (Å²) in [5.74, 6) is -0.501. The number of nitrogens with zero attached hydrogens (tertiary/aromatic N) is 1. The highest BCUT2D eigenvalue weighted by Crippen LogP contribution is 2.19. The summed E-state index contributed by atoms with van der Waals surface area (Å²) in [5, 5.41) is 4.25. The molecule has 16 heavy (non-hydrogen) atoms. The van der Waals surface area contributed by atoms with Gasteiger partial charge in [0.1, 0.15) is 16.5 Å². The Morgan fingerprint density at radius 1 is 1.44 bits per heavy atom. The van der Waals surface area contributed by atoms with Crippen LogP contribution < -0.4 is 11.1 Å². The van der Waals surface area contributed by atoms with Gasteiger partial charge in [0.05, 0.1) is 11.9 Å². The number of aromatic nitrogens is 1. The molecule has 0 bridgehead atoms. The first-order valence-electron chi connectivity index (χ1n) is 4.42. The Labute approximate surface area is 94.9 Å². The van der Waals surface area contributed by atoms with Crippen molar-refractivity contribution in [1.82, 2.24) is 4.98 Å². The van der Waals surface area contributed by atoms with E-state index in [1.807, 2.05) is 0 Å². The smallest absolute Gasteiger partial charge is 0.269 e. The van der Waals surface area contributed by atoms with Crippen LogP contribution in [0.15, 0.2) is 29.8 Å². The number of halogens is 1. The third-order valence-corrected chi connectivity index (χ3v) is 2.80. The number of amides is 1. The number of thiophene rings is 1. The third-order valence-electron chi connectivity index (χ3n) is 1.87. The van der Waals surface area contributed by atoms with Gasteiger partial charge in [-0.2, -0.15) is 0 Å². The van der Waals surface area contributed by atoms with E-state index < -0.39 is 5.82 Å². The lowest BCUT2D eigenvalue weighted by atomic mass is 10.3. The summed E-state index contributed by atoms with van der Waals surface area (Å²) < 4.78 is 12.6. The minimum Gasteiger partial charge on any atom is -0.397 e. The van der Waals surface area contributed by atoms with Gasteiger partial charge in [0.25, 0.3) is 5.91 Å². The summed E-state index contributed by atoms with van der Waals surface area (Å²) >= 11 is 1.24. The van der Waals surface area contributed by atoms with Gasteiger partial charge in [0.2, 0.25) is 0 Å². The summed E-state index contributed by atoms with van der Waals surface area (Å²) in [7, 11) is 0. The number of nitrogens with one attached hydrogen (secondary N) is 1. The topological polar surface area (TPSA) is 68.0 Å². The van der Waals surface area contributed by atoms with Crippen molar-refractivity contribution in [2.24, 2.45) is 0 Å². The normalized spacial score (nSPS) is 10.1. The Balaban J connectivity index is 2.14. The summed E-state index contributed by atoms with van der Waals surface area (Å²) in [4.78, 5) is 15.8. The van der Waals surface area contributed by atoms with Crippen LogP contribution in [0.25, 0.3) is 0 Å². The molecule has 2 aromatic heterocycles. The van der Waals surface area contributed by atoms with Crippen molar-refractivity contribution in [2.75, 3.05) is 11.1 Å². The second-order valence-electron chi connectivity index (χ2n) is 3.02. The van der Waals surface area contributed by atoms with Crippen LogP contribution in [0.4, 0.5) is 15.9 Å². The Morgan fingerprint density at radius 3 is 2.81 bits per heavy atom. The molecule has 0 aliphatic carbocycles. The number of rotatable bonds is 2. The summed E-state index contributed by atoms with van der Waals surface area (Å²) in [6, 6.07) is 4.26. The van der Waals surface area contributed by atoms with Crippen molar-refractivity contribution in [1.29, 1.82) is 0 Å². The molecule has 0 radical (unpaired) electrons. The third kappa shape index (κ3) is 2.17. The maximum absolute atomic E-state index is 12.6. The van der Waals surface area contributed by atoms with Crippen molar-refractivity contribution in [3.8, 4) is 0 Å². The number of nitrogen functional groups attached to an aromatic ring is 1. The van der Waals surface area contributed by atoms with Gasteiger partial charge in [-0.3, -0.25) is 4.79 Å². The average Bonchev–Trinajstić information content (AvgIpc) is 2.68. The predicted molar refractivity (Wildman–Crippen MR) is 60.9 cm³/mol. The van der Waals surface area contributed by atoms with E-state index in [2.05, 4.69) is 10.3 Å². The number of carbonyl (C=O) groups excluding carboxylic acids is 1. The molecule has 2 aromatic rings. The highest BCUT2D eigenvalue weighted by atomic mass is 32.1. The number of hydrogen-bond donors (Lipinski definition) is 2. The van der Waals surface area contributed by atoms with Crippen molar-refractivity contribution in [2.45, 2.75) is 0 Å². The van der Waals surface area contributed by atoms with Gasteiger partial charge in [0.15, 0.2) is 0 Å². The first kappa shape index (κ1) is 10.6. The summed E-state index contributed by atoms with van der Waals surface area (Å²) in [6.07, 6.45) is 1.04. The molecular formula is C10H8FN3OS. The Hall–Kier alpha value is -1.95. The van der Waals surface area contributed by atoms with E-state index in [9.17, 15) is 9.18 Å². The summed E-state index contributed by atoms with van der Waals surface area (Å²) in [5.41, 5.74) is 6.01. The van der Waals surface area contributed by atoms with E-state index in [1.54, 1.807) is 11.4 Å². The molecule has 2 rings (SSSR count). The highest BCUT2D eigenvalue weighted by Gasteiger charge is 2.11. The second kappa shape index (κ2) is 4.28. The molecule has 3 N–H and O–H groups in total. The Kier molecular flexibility index (Phi) is 2.82. The van der Waals surface area contributed by atoms with Crippen molar-refractivity contribution < 1.29 is 9.18 Å². The minimum absolute atomic E-state index is 0.291. The molecule has 2 heterocycles. The highest BCUT2D eigenvalue weighted by molar-refractivity contribution is 7.12. The first-order chi connectivity index (χ1) is 7.66. The largest absolute Gasteiger partial charge is 0.397 e. The average molecular weight is 237 g/mol. The molecule has 1 amide bonds. The maximum Gasteiger partial charge on any atom is 0.269 e. The SMILES string of the molecule is Nc1ccsc1C(=O)Nc1ccc(F)cn1. The quantitative estimate of drug-likeness (QED) is 0.840. The predicted octanol–water partition coefficient (Wildman–Crippen LogP) is 2.12. The van der Waals surface area contributed by atoms with E-state index >= 15 is 0 Å². The van der Waals surface area contributed by atoms with E-state index in [-0.39, 0.29) is 5.91 Å². The van der Waals surface area contributed by atoms with Crippen LogP contribution in [-0.2, 0) is 0 Å². The molecule has 0 saturated carbocycles. The number of hydrogen-bond acceptors (Lipinski definition) is 4. The molecule has 0 atom stereocenters. The zero-order chi connectivity index (χ0) is 11.5. The van der Waals surface area contributed by atoms with Crippen LogP contribution in [0.3, 0.4) is 0 Å². The fraction of sp³-hybridized carbons (Fsp3) is 0. The van der Waals surface area contributed by atoms with E-state index in [0.717, 1.165) is 6.20 Å². The van der Waals surface area contributed by atoms with Crippen LogP contribution in [0.2, 0.25) is 0 Å². The first-order valence-corrected chi connectivity index (χ1v) is 5.30. The van der Waals surface area contributed by atoms with E-state index in [1.165, 1.54) is 23.5 Å². The molecule has 0 aromatic carbocycles. The molecule has 0 aliphatic heterocycles. The van der Waals surface area contributed by atoms with Gasteiger partial charge < -0.3 is 11.1 Å². The Morgan fingerprint density at radius 2 is 2.25 bits per heavy atom. The van der Waals surface area contributed by atoms with Gasteiger partial charge in [-0.1, -0.05) is 0 Å². The van der Waals surface area contributed by atoms with Crippen LogP contribution in [0.5, 0.6) is 0 Å². The molecule has 82 valence electrons. The monoisotopic (exact) mass is 237 g/mol. The number of carbonyl (C=O) groups is 1. The van der Waals surface area contributed by atoms with Gasteiger partial charge in [-0.15, -0.1) is 11.3 Å². The van der Waals surface area contributed by atoms with Gasteiger partial charge in [-0.05, 0) is 23.6 Å². The molecule has 0 aliphatic rings. The number of pyridine rings is 1. The fourth-order valence-corrected chi connectivity index (χ4v) is 1.84.